The Kier molecular flexibility index (Phi) is 9.18. The average Bonchev–Trinajstić information content (AvgIpc) is 3.35. The van der Waals surface area contributed by atoms with Crippen molar-refractivity contribution < 1.29 is 33.2 Å². The van der Waals surface area contributed by atoms with Crippen molar-refractivity contribution in [3.05, 3.63) is 17.5 Å². The predicted octanol–water partition coefficient (Wildman–Crippen LogP) is 1.15. The van der Waals surface area contributed by atoms with E-state index in [0.717, 1.165) is 0 Å². The Bertz CT molecular complexity index is 931. The van der Waals surface area contributed by atoms with E-state index in [2.05, 4.69) is 21.1 Å². The smallest absolute Gasteiger partial charge is 0.274 e. The molecule has 11 nitrogen and oxygen atoms in total. The molecule has 196 valence electrons. The standard InChI is InChI=1S/C24H38N4O7/c1-13(2)9-15(19(29)24(7)12-34-24)25-22(32)18(23(4,5)6)27-21(31)17(11-33-8)26-20(30)16-10-14(3)35-28-16/h10,13,15,17-18H,9,11-12H2,1-8H3,(H,25,32)(H,26,30)(H,27,31)/t15?,17?,18-,24-/m1/s1. The Morgan fingerprint density at radius 3 is 2.20 bits per heavy atom. The molecule has 0 saturated carbocycles. The molecule has 2 unspecified atom stereocenters. The summed E-state index contributed by atoms with van der Waals surface area (Å²) in [7, 11) is 1.39. The zero-order chi connectivity index (χ0) is 26.6. The number of Topliss-reactive ketones (excluding diaryl/α,β-unsaturated/α-hetero) is 1. The zero-order valence-electron chi connectivity index (χ0n) is 21.8. The first-order chi connectivity index (χ1) is 16.2. The third kappa shape index (κ3) is 7.86. The summed E-state index contributed by atoms with van der Waals surface area (Å²) < 4.78 is 15.3. The number of hydrogen-bond donors (Lipinski definition) is 3. The van der Waals surface area contributed by atoms with Crippen molar-refractivity contribution in [3.63, 3.8) is 0 Å². The zero-order valence-corrected chi connectivity index (χ0v) is 21.8. The second-order valence-corrected chi connectivity index (χ2v) is 10.7. The highest BCUT2D eigenvalue weighted by atomic mass is 16.6. The number of ketones is 1. The molecule has 0 aliphatic carbocycles. The van der Waals surface area contributed by atoms with E-state index in [9.17, 15) is 19.2 Å². The summed E-state index contributed by atoms with van der Waals surface area (Å²) in [6.07, 6.45) is 0.438. The molecular formula is C24H38N4O7. The lowest BCUT2D eigenvalue weighted by atomic mass is 9.85. The van der Waals surface area contributed by atoms with Gasteiger partial charge >= 0.3 is 0 Å². The maximum absolute atomic E-state index is 13.3. The fourth-order valence-corrected chi connectivity index (χ4v) is 3.55. The topological polar surface area (TPSA) is 152 Å². The number of hydrogen-bond acceptors (Lipinski definition) is 8. The molecule has 0 bridgehead atoms. The second-order valence-electron chi connectivity index (χ2n) is 10.7. The van der Waals surface area contributed by atoms with Crippen LogP contribution in [0.4, 0.5) is 0 Å². The van der Waals surface area contributed by atoms with Crippen LogP contribution in [0.2, 0.25) is 0 Å². The lowest BCUT2D eigenvalue weighted by Gasteiger charge is -2.33. The number of aryl methyl sites for hydroxylation is 1. The Morgan fingerprint density at radius 2 is 1.74 bits per heavy atom. The van der Waals surface area contributed by atoms with Crippen molar-refractivity contribution in [2.24, 2.45) is 11.3 Å². The van der Waals surface area contributed by atoms with Gasteiger partial charge in [0.2, 0.25) is 11.8 Å². The normalized spacial score (nSPS) is 20.0. The maximum Gasteiger partial charge on any atom is 0.274 e. The minimum absolute atomic E-state index is 0.0207. The third-order valence-corrected chi connectivity index (χ3v) is 5.67. The Balaban J connectivity index is 2.16. The fraction of sp³-hybridized carbons (Fsp3) is 0.708. The molecule has 0 aromatic carbocycles. The van der Waals surface area contributed by atoms with E-state index in [1.807, 2.05) is 13.8 Å². The lowest BCUT2D eigenvalue weighted by molar-refractivity contribution is -0.136. The summed E-state index contributed by atoms with van der Waals surface area (Å²) in [4.78, 5) is 51.9. The monoisotopic (exact) mass is 494 g/mol. The van der Waals surface area contributed by atoms with E-state index in [0.29, 0.717) is 18.8 Å². The number of aromatic nitrogens is 1. The first-order valence-corrected chi connectivity index (χ1v) is 11.7. The summed E-state index contributed by atoms with van der Waals surface area (Å²) in [5.74, 6) is -1.32. The molecule has 2 rings (SSSR count). The number of methoxy groups -OCH3 is 1. The molecule has 1 fully saturated rings. The van der Waals surface area contributed by atoms with E-state index >= 15 is 0 Å². The number of nitrogens with zero attached hydrogens (tertiary/aromatic N) is 1. The third-order valence-electron chi connectivity index (χ3n) is 5.67. The van der Waals surface area contributed by atoms with E-state index in [1.165, 1.54) is 13.2 Å². The highest BCUT2D eigenvalue weighted by molar-refractivity contribution is 5.99. The summed E-state index contributed by atoms with van der Waals surface area (Å²) >= 11 is 0. The largest absolute Gasteiger partial charge is 0.382 e. The van der Waals surface area contributed by atoms with Crippen LogP contribution in [0.5, 0.6) is 0 Å². The quantitative estimate of drug-likeness (QED) is 0.366. The van der Waals surface area contributed by atoms with Gasteiger partial charge < -0.3 is 29.9 Å². The molecule has 0 radical (unpaired) electrons. The van der Waals surface area contributed by atoms with Gasteiger partial charge in [-0.2, -0.15) is 0 Å². The molecule has 3 N–H and O–H groups in total. The Labute approximate surface area is 206 Å². The van der Waals surface area contributed by atoms with Crippen LogP contribution in [-0.2, 0) is 23.9 Å². The predicted molar refractivity (Wildman–Crippen MR) is 127 cm³/mol. The Hall–Kier alpha value is -2.79. The molecule has 4 atom stereocenters. The summed E-state index contributed by atoms with van der Waals surface area (Å²) in [6, 6.07) is -1.38. The van der Waals surface area contributed by atoms with Crippen LogP contribution in [-0.4, -0.2) is 72.7 Å². The number of rotatable bonds is 12. The van der Waals surface area contributed by atoms with Crippen LogP contribution in [0, 0.1) is 18.3 Å². The number of amides is 3. The van der Waals surface area contributed by atoms with E-state index in [4.69, 9.17) is 14.0 Å². The van der Waals surface area contributed by atoms with Gasteiger partial charge in [0.25, 0.3) is 5.91 Å². The molecule has 1 aliphatic rings. The van der Waals surface area contributed by atoms with Gasteiger partial charge in [0.05, 0.1) is 19.3 Å². The fourth-order valence-electron chi connectivity index (χ4n) is 3.55. The SMILES string of the molecule is COCC(NC(=O)c1cc(C)on1)C(=O)N[C@H](C(=O)NC(CC(C)C)C(=O)[C@@]1(C)CO1)C(C)(C)C. The molecule has 1 aromatic rings. The van der Waals surface area contributed by atoms with Gasteiger partial charge in [0.15, 0.2) is 11.5 Å². The number of carbonyl (C=O) groups is 4. The van der Waals surface area contributed by atoms with E-state index < -0.39 is 46.9 Å². The molecule has 3 amide bonds. The number of ether oxygens (including phenoxy) is 2. The summed E-state index contributed by atoms with van der Waals surface area (Å²) in [6.45, 7) is 12.8. The van der Waals surface area contributed by atoms with Crippen LogP contribution >= 0.6 is 0 Å². The number of carbonyl (C=O) groups excluding carboxylic acids is 4. The van der Waals surface area contributed by atoms with E-state index in [1.54, 1.807) is 34.6 Å². The molecule has 2 heterocycles. The molecule has 35 heavy (non-hydrogen) atoms. The maximum atomic E-state index is 13.3. The van der Waals surface area contributed by atoms with Crippen molar-refractivity contribution >= 4 is 23.5 Å². The molecule has 0 spiro atoms. The number of epoxide rings is 1. The van der Waals surface area contributed by atoms with E-state index in [-0.39, 0.29) is 24.0 Å². The van der Waals surface area contributed by atoms with Gasteiger partial charge in [-0.05, 0) is 31.6 Å². The van der Waals surface area contributed by atoms with Gasteiger partial charge in [0.1, 0.15) is 23.4 Å². The molecule has 1 aliphatic heterocycles. The van der Waals surface area contributed by atoms with Crippen LogP contribution in [0.3, 0.4) is 0 Å². The highest BCUT2D eigenvalue weighted by Crippen LogP contribution is 2.30. The first kappa shape index (κ1) is 28.4. The van der Waals surface area contributed by atoms with Gasteiger partial charge in [-0.1, -0.05) is 39.8 Å². The first-order valence-electron chi connectivity index (χ1n) is 11.7. The summed E-state index contributed by atoms with van der Waals surface area (Å²) in [5, 5.41) is 11.8. The second kappa shape index (κ2) is 11.3. The van der Waals surface area contributed by atoms with Crippen molar-refractivity contribution in [2.75, 3.05) is 20.3 Å². The molecular weight excluding hydrogens is 456 g/mol. The van der Waals surface area contributed by atoms with Crippen molar-refractivity contribution in [2.45, 2.75) is 78.6 Å². The molecule has 1 saturated heterocycles. The highest BCUT2D eigenvalue weighted by Gasteiger charge is 2.50. The number of nitrogens with one attached hydrogen (secondary N) is 3. The van der Waals surface area contributed by atoms with Crippen LogP contribution in [0.15, 0.2) is 10.6 Å². The van der Waals surface area contributed by atoms with Crippen LogP contribution < -0.4 is 16.0 Å². The molecule has 1 aromatic heterocycles. The van der Waals surface area contributed by atoms with Gasteiger partial charge in [-0.15, -0.1) is 0 Å². The average molecular weight is 495 g/mol. The lowest BCUT2D eigenvalue weighted by Crippen LogP contribution is -2.61. The minimum Gasteiger partial charge on any atom is -0.382 e. The van der Waals surface area contributed by atoms with Crippen LogP contribution in [0.25, 0.3) is 0 Å². The van der Waals surface area contributed by atoms with Gasteiger partial charge in [0, 0.05) is 13.2 Å². The van der Waals surface area contributed by atoms with Gasteiger partial charge in [-0.25, -0.2) is 0 Å². The Morgan fingerprint density at radius 1 is 1.11 bits per heavy atom. The minimum atomic E-state index is -1.09. The molecule has 11 heteroatoms. The van der Waals surface area contributed by atoms with Crippen LogP contribution in [0.1, 0.15) is 64.2 Å². The van der Waals surface area contributed by atoms with Crippen molar-refractivity contribution in [1.29, 1.82) is 0 Å². The van der Waals surface area contributed by atoms with Crippen molar-refractivity contribution in [1.82, 2.24) is 21.1 Å². The van der Waals surface area contributed by atoms with Gasteiger partial charge in [-0.3, -0.25) is 19.2 Å². The summed E-state index contributed by atoms with van der Waals surface area (Å²) in [5.41, 5.74) is -1.57. The van der Waals surface area contributed by atoms with Crippen molar-refractivity contribution in [3.8, 4) is 0 Å².